The highest BCUT2D eigenvalue weighted by Gasteiger charge is 2.66. The predicted molar refractivity (Wildman–Crippen MR) is 149 cm³/mol. The van der Waals surface area contributed by atoms with Crippen molar-refractivity contribution in [3.05, 3.63) is 58.1 Å². The molecule has 2 fully saturated rings. The van der Waals surface area contributed by atoms with Crippen molar-refractivity contribution in [1.29, 1.82) is 0 Å². The van der Waals surface area contributed by atoms with Crippen LogP contribution in [0.3, 0.4) is 0 Å². The maximum absolute atomic E-state index is 14.4. The molecule has 0 bridgehead atoms. The molecular weight excluding hydrogens is 552 g/mol. The van der Waals surface area contributed by atoms with Crippen LogP contribution in [0.25, 0.3) is 0 Å². The highest BCUT2D eigenvalue weighted by Crippen LogP contribution is 2.60. The molecule has 2 aromatic carbocycles. The Morgan fingerprint density at radius 1 is 1.16 bits per heavy atom. The summed E-state index contributed by atoms with van der Waals surface area (Å²) in [6.45, 7) is 6.75. The highest BCUT2D eigenvalue weighted by atomic mass is 79.9. The number of aliphatic hydroxyl groups excluding tert-OH is 1. The Bertz CT molecular complexity index is 1220. The number of aliphatic hydroxyl groups is 1. The minimum Gasteiger partial charge on any atom is -0.432 e. The normalized spacial score (nSPS) is 27.9. The van der Waals surface area contributed by atoms with Gasteiger partial charge < -0.3 is 24.4 Å². The van der Waals surface area contributed by atoms with Crippen LogP contribution in [0.2, 0.25) is 18.6 Å². The van der Waals surface area contributed by atoms with Gasteiger partial charge in [-0.3, -0.25) is 9.59 Å². The van der Waals surface area contributed by atoms with E-state index in [1.165, 1.54) is 0 Å². The topological polar surface area (TPSA) is 90.3 Å². The van der Waals surface area contributed by atoms with Crippen LogP contribution in [-0.4, -0.2) is 49.3 Å². The lowest BCUT2D eigenvalue weighted by atomic mass is 9.82. The van der Waals surface area contributed by atoms with Crippen LogP contribution in [0.5, 0.6) is 0 Å². The summed E-state index contributed by atoms with van der Waals surface area (Å²) in [5.41, 5.74) is 1.95. The highest BCUT2D eigenvalue weighted by molar-refractivity contribution is 9.10. The average Bonchev–Trinajstić information content (AvgIpc) is 3.26. The minimum atomic E-state index is -2.73. The van der Waals surface area contributed by atoms with Gasteiger partial charge in [-0.25, -0.2) is 0 Å². The molecular formula is C28H35BrN2O5Si. The Balaban J connectivity index is 1.53. The van der Waals surface area contributed by atoms with Crippen LogP contribution >= 0.6 is 15.9 Å². The number of carbonyl (C=O) groups is 2. The number of anilines is 2. The van der Waals surface area contributed by atoms with Crippen LogP contribution in [0.4, 0.5) is 11.4 Å². The van der Waals surface area contributed by atoms with Crippen molar-refractivity contribution in [2.24, 2.45) is 5.92 Å². The second-order valence-electron chi connectivity index (χ2n) is 11.1. The summed E-state index contributed by atoms with van der Waals surface area (Å²) in [5, 5.41) is 9.75. The van der Waals surface area contributed by atoms with Crippen LogP contribution < -0.4 is 9.80 Å². The first-order valence-electron chi connectivity index (χ1n) is 13.1. The van der Waals surface area contributed by atoms with Gasteiger partial charge in [0.15, 0.2) is 13.9 Å². The van der Waals surface area contributed by atoms with E-state index < -0.39 is 20.0 Å². The van der Waals surface area contributed by atoms with Crippen molar-refractivity contribution < 1.29 is 24.2 Å². The first kappa shape index (κ1) is 26.6. The molecule has 5 rings (SSSR count). The summed E-state index contributed by atoms with van der Waals surface area (Å²) in [6, 6.07) is 13.7. The monoisotopic (exact) mass is 586 g/mol. The van der Waals surface area contributed by atoms with E-state index in [0.717, 1.165) is 39.8 Å². The Labute approximate surface area is 227 Å². The molecule has 7 nitrogen and oxygen atoms in total. The standard InChI is InChI=1S/C28H35BrN2O5Si/c1-18-26(37(2,3)35)24(12-14-32)36-28(18)22-16-20(29)10-11-23(22)31(27(28)34)17-19-7-6-8-21(15-19)30-13-5-4-9-25(30)33/h6-8,10-11,15-16,18,24,26,32,35H,4-5,9,12-14,17H2,1-3H3/t18-,24+,26-,28+/m1/s1. The number of hydrogen-bond donors (Lipinski definition) is 2. The number of piperidine rings is 1. The fraction of sp³-hybridized carbons (Fsp3) is 0.500. The van der Waals surface area contributed by atoms with Gasteiger partial charge in [0, 0.05) is 46.8 Å². The third kappa shape index (κ3) is 4.48. The molecule has 3 aliphatic heterocycles. The van der Waals surface area contributed by atoms with Crippen molar-refractivity contribution >= 4 is 47.4 Å². The van der Waals surface area contributed by atoms with Crippen LogP contribution in [0.15, 0.2) is 46.9 Å². The van der Waals surface area contributed by atoms with Crippen LogP contribution in [0.1, 0.15) is 43.7 Å². The lowest BCUT2D eigenvalue weighted by molar-refractivity contribution is -0.146. The molecule has 3 heterocycles. The molecule has 1 spiro atoms. The zero-order valence-electron chi connectivity index (χ0n) is 21.6. The molecule has 3 aliphatic rings. The second kappa shape index (κ2) is 9.93. The number of nitrogens with zero attached hydrogens (tertiary/aromatic N) is 2. The molecule has 37 heavy (non-hydrogen) atoms. The minimum absolute atomic E-state index is 0.0697. The molecule has 0 aromatic heterocycles. The molecule has 9 heteroatoms. The zero-order valence-corrected chi connectivity index (χ0v) is 24.2. The summed E-state index contributed by atoms with van der Waals surface area (Å²) in [7, 11) is -2.73. The number of hydrogen-bond acceptors (Lipinski definition) is 5. The van der Waals surface area contributed by atoms with E-state index in [-0.39, 0.29) is 29.9 Å². The number of ether oxygens (including phenoxy) is 1. The number of rotatable bonds is 6. The quantitative estimate of drug-likeness (QED) is 0.479. The van der Waals surface area contributed by atoms with Gasteiger partial charge in [-0.2, -0.15) is 0 Å². The van der Waals surface area contributed by atoms with E-state index in [1.807, 2.05) is 67.4 Å². The first-order valence-corrected chi connectivity index (χ1v) is 16.9. The van der Waals surface area contributed by atoms with Crippen molar-refractivity contribution in [2.45, 2.75) is 69.5 Å². The van der Waals surface area contributed by atoms with Gasteiger partial charge in [0.1, 0.15) is 0 Å². The zero-order chi connectivity index (χ0) is 26.5. The Morgan fingerprint density at radius 3 is 2.65 bits per heavy atom. The van der Waals surface area contributed by atoms with Gasteiger partial charge in [0.2, 0.25) is 5.91 Å². The number of carbonyl (C=O) groups excluding carboxylic acids is 2. The maximum atomic E-state index is 14.4. The first-order chi connectivity index (χ1) is 17.6. The van der Waals surface area contributed by atoms with Gasteiger partial charge in [0.25, 0.3) is 5.91 Å². The van der Waals surface area contributed by atoms with E-state index in [2.05, 4.69) is 15.9 Å². The average molecular weight is 588 g/mol. The molecule has 0 unspecified atom stereocenters. The molecule has 2 aromatic rings. The molecule has 0 radical (unpaired) electrons. The number of halogens is 1. The molecule has 198 valence electrons. The van der Waals surface area contributed by atoms with Gasteiger partial charge in [-0.05, 0) is 68.3 Å². The van der Waals surface area contributed by atoms with Crippen LogP contribution in [0, 0.1) is 5.92 Å². The second-order valence-corrected chi connectivity index (χ2v) is 16.0. The van der Waals surface area contributed by atoms with Crippen molar-refractivity contribution in [3.8, 4) is 0 Å². The summed E-state index contributed by atoms with van der Waals surface area (Å²) >= 11 is 3.58. The molecule has 2 saturated heterocycles. The summed E-state index contributed by atoms with van der Waals surface area (Å²) in [5.74, 6) is -0.269. The Kier molecular flexibility index (Phi) is 7.13. The van der Waals surface area contributed by atoms with Gasteiger partial charge in [0.05, 0.1) is 18.3 Å². The molecule has 0 saturated carbocycles. The van der Waals surface area contributed by atoms with E-state index >= 15 is 0 Å². The van der Waals surface area contributed by atoms with E-state index in [0.29, 0.717) is 25.9 Å². The largest absolute Gasteiger partial charge is 0.432 e. The van der Waals surface area contributed by atoms with Crippen molar-refractivity contribution in [3.63, 3.8) is 0 Å². The summed E-state index contributed by atoms with van der Waals surface area (Å²) in [6.07, 6.45) is 2.44. The Morgan fingerprint density at radius 2 is 1.95 bits per heavy atom. The predicted octanol–water partition coefficient (Wildman–Crippen LogP) is 4.69. The molecule has 2 amide bonds. The van der Waals surface area contributed by atoms with Gasteiger partial charge in [-0.15, -0.1) is 0 Å². The molecule has 4 atom stereocenters. The number of fused-ring (bicyclic) bond motifs is 2. The van der Waals surface area contributed by atoms with Crippen molar-refractivity contribution in [1.82, 2.24) is 0 Å². The SMILES string of the molecule is C[C@@H]1[C@@H]([Si](C)(C)O)[C@H](CCO)O[C@@]12C(=O)N(Cc1cccc(N3CCCCC3=O)c1)c1ccc(Br)cc12. The third-order valence-corrected chi connectivity index (χ3v) is 11.2. The van der Waals surface area contributed by atoms with E-state index in [9.17, 15) is 19.5 Å². The number of benzene rings is 2. The van der Waals surface area contributed by atoms with Gasteiger partial charge in [-0.1, -0.05) is 35.0 Å². The van der Waals surface area contributed by atoms with E-state index in [4.69, 9.17) is 4.74 Å². The smallest absolute Gasteiger partial charge is 0.264 e. The number of amides is 2. The maximum Gasteiger partial charge on any atom is 0.264 e. The van der Waals surface area contributed by atoms with E-state index in [1.54, 1.807) is 4.90 Å². The van der Waals surface area contributed by atoms with Gasteiger partial charge >= 0.3 is 0 Å². The summed E-state index contributed by atoms with van der Waals surface area (Å²) < 4.78 is 7.50. The van der Waals surface area contributed by atoms with Crippen molar-refractivity contribution in [2.75, 3.05) is 23.0 Å². The Hall–Kier alpha value is -2.04. The third-order valence-electron chi connectivity index (χ3n) is 8.25. The lowest BCUT2D eigenvalue weighted by Gasteiger charge is -2.32. The molecule has 0 aliphatic carbocycles. The lowest BCUT2D eigenvalue weighted by Crippen LogP contribution is -2.46. The fourth-order valence-electron chi connectivity index (χ4n) is 6.69. The fourth-order valence-corrected chi connectivity index (χ4v) is 9.65. The van der Waals surface area contributed by atoms with Crippen LogP contribution in [-0.2, 0) is 26.5 Å². The molecule has 2 N–H and O–H groups in total. The summed E-state index contributed by atoms with van der Waals surface area (Å²) in [4.78, 5) is 41.7.